The lowest BCUT2D eigenvalue weighted by Crippen LogP contribution is -2.19. The average Bonchev–Trinajstić information content (AvgIpc) is 2.13. The molecule has 1 rings (SSSR count). The summed E-state index contributed by atoms with van der Waals surface area (Å²) in [6, 6.07) is 4.12. The molecule has 17 heavy (non-hydrogen) atoms. The maximum Gasteiger partial charge on any atom is 0.422 e. The zero-order valence-electron chi connectivity index (χ0n) is 8.42. The number of hydrogen-bond donors (Lipinski definition) is 1. The number of benzene rings is 1. The standard InChI is InChI=1S/C10H8BrF3O3/c11-7-3-6(4-9(15)16)1-2-8(7)17-5-10(12,13)14/h1-3H,4-5H2,(H,15,16). The minimum absolute atomic E-state index is 0.0245. The highest BCUT2D eigenvalue weighted by Crippen LogP contribution is 2.28. The molecule has 0 aliphatic heterocycles. The first-order valence-corrected chi connectivity index (χ1v) is 5.27. The summed E-state index contributed by atoms with van der Waals surface area (Å²) in [6.45, 7) is -1.39. The predicted octanol–water partition coefficient (Wildman–Crippen LogP) is 3.02. The van der Waals surface area contributed by atoms with E-state index >= 15 is 0 Å². The largest absolute Gasteiger partial charge is 0.483 e. The van der Waals surface area contributed by atoms with Crippen molar-refractivity contribution in [2.45, 2.75) is 12.6 Å². The van der Waals surface area contributed by atoms with Gasteiger partial charge in [-0.15, -0.1) is 0 Å². The molecular weight excluding hydrogens is 305 g/mol. The van der Waals surface area contributed by atoms with Crippen LogP contribution in [0, 0.1) is 0 Å². The fraction of sp³-hybridized carbons (Fsp3) is 0.300. The van der Waals surface area contributed by atoms with Crippen LogP contribution in [0.3, 0.4) is 0 Å². The highest BCUT2D eigenvalue weighted by Gasteiger charge is 2.28. The van der Waals surface area contributed by atoms with Crippen LogP contribution in [0.4, 0.5) is 13.2 Å². The van der Waals surface area contributed by atoms with Gasteiger partial charge in [-0.3, -0.25) is 4.79 Å². The summed E-state index contributed by atoms with van der Waals surface area (Å²) in [5, 5.41) is 8.54. The highest BCUT2D eigenvalue weighted by atomic mass is 79.9. The van der Waals surface area contributed by atoms with Crippen LogP contribution in [0.25, 0.3) is 0 Å². The Labute approximate surface area is 103 Å². The Morgan fingerprint density at radius 3 is 2.53 bits per heavy atom. The summed E-state index contributed by atoms with van der Waals surface area (Å²) in [7, 11) is 0. The van der Waals surface area contributed by atoms with Crippen LogP contribution in [0.2, 0.25) is 0 Å². The van der Waals surface area contributed by atoms with Gasteiger partial charge < -0.3 is 9.84 Å². The molecule has 1 aromatic carbocycles. The van der Waals surface area contributed by atoms with Crippen molar-refractivity contribution in [3.8, 4) is 5.75 Å². The fourth-order valence-electron chi connectivity index (χ4n) is 1.11. The van der Waals surface area contributed by atoms with Crippen molar-refractivity contribution in [3.63, 3.8) is 0 Å². The average molecular weight is 313 g/mol. The lowest BCUT2D eigenvalue weighted by atomic mass is 10.1. The van der Waals surface area contributed by atoms with Crippen molar-refractivity contribution in [1.29, 1.82) is 0 Å². The molecule has 3 nitrogen and oxygen atoms in total. The third kappa shape index (κ3) is 5.08. The van der Waals surface area contributed by atoms with Gasteiger partial charge in [-0.25, -0.2) is 0 Å². The Hall–Kier alpha value is -1.24. The monoisotopic (exact) mass is 312 g/mol. The summed E-state index contributed by atoms with van der Waals surface area (Å²) in [5.41, 5.74) is 0.476. The minimum atomic E-state index is -4.40. The Kier molecular flexibility index (Phi) is 4.39. The summed E-state index contributed by atoms with van der Waals surface area (Å²) in [5.74, 6) is -0.989. The molecule has 0 atom stereocenters. The van der Waals surface area contributed by atoms with Crippen LogP contribution >= 0.6 is 15.9 Å². The molecular formula is C10H8BrF3O3. The number of carbonyl (C=O) groups is 1. The van der Waals surface area contributed by atoms with Gasteiger partial charge in [0.05, 0.1) is 10.9 Å². The molecule has 1 N–H and O–H groups in total. The Balaban J connectivity index is 2.73. The van der Waals surface area contributed by atoms with Gasteiger partial charge in [-0.05, 0) is 33.6 Å². The summed E-state index contributed by atoms with van der Waals surface area (Å²) in [6.07, 6.45) is -4.60. The number of aliphatic carboxylic acids is 1. The second-order valence-electron chi connectivity index (χ2n) is 3.24. The second-order valence-corrected chi connectivity index (χ2v) is 4.09. The van der Waals surface area contributed by atoms with Crippen LogP contribution in [0.1, 0.15) is 5.56 Å². The maximum atomic E-state index is 11.9. The topological polar surface area (TPSA) is 46.5 Å². The molecule has 94 valence electrons. The SMILES string of the molecule is O=C(O)Cc1ccc(OCC(F)(F)F)c(Br)c1. The lowest BCUT2D eigenvalue weighted by Gasteiger charge is -2.11. The Bertz CT molecular complexity index is 418. The van der Waals surface area contributed by atoms with Gasteiger partial charge in [0.25, 0.3) is 0 Å². The normalized spacial score (nSPS) is 11.3. The van der Waals surface area contributed by atoms with E-state index in [1.54, 1.807) is 0 Å². The molecule has 0 aliphatic rings. The molecule has 0 bridgehead atoms. The van der Waals surface area contributed by atoms with Gasteiger partial charge in [-0.1, -0.05) is 6.07 Å². The molecule has 0 saturated carbocycles. The molecule has 0 heterocycles. The second kappa shape index (κ2) is 5.39. The molecule has 0 saturated heterocycles. The Morgan fingerprint density at radius 1 is 1.41 bits per heavy atom. The molecule has 7 heteroatoms. The summed E-state index contributed by atoms with van der Waals surface area (Å²) in [4.78, 5) is 10.4. The van der Waals surface area contributed by atoms with Crippen LogP contribution in [-0.2, 0) is 11.2 Å². The fourth-order valence-corrected chi connectivity index (χ4v) is 1.65. The number of carboxylic acids is 1. The number of hydrogen-bond acceptors (Lipinski definition) is 2. The van der Waals surface area contributed by atoms with Gasteiger partial charge in [-0.2, -0.15) is 13.2 Å². The molecule has 0 spiro atoms. The minimum Gasteiger partial charge on any atom is -0.483 e. The first-order valence-electron chi connectivity index (χ1n) is 4.48. The quantitative estimate of drug-likeness (QED) is 0.929. The number of alkyl halides is 3. The Morgan fingerprint density at radius 2 is 2.06 bits per heavy atom. The van der Waals surface area contributed by atoms with E-state index in [1.807, 2.05) is 0 Å². The lowest BCUT2D eigenvalue weighted by molar-refractivity contribution is -0.153. The van der Waals surface area contributed by atoms with E-state index in [-0.39, 0.29) is 12.2 Å². The molecule has 0 aliphatic carbocycles. The smallest absolute Gasteiger partial charge is 0.422 e. The number of carboxylic acid groups (broad SMARTS) is 1. The van der Waals surface area contributed by atoms with Crippen molar-refractivity contribution in [2.75, 3.05) is 6.61 Å². The highest BCUT2D eigenvalue weighted by molar-refractivity contribution is 9.10. The van der Waals surface area contributed by atoms with Crippen LogP contribution < -0.4 is 4.74 Å². The van der Waals surface area contributed by atoms with Gasteiger partial charge in [0.2, 0.25) is 0 Å². The van der Waals surface area contributed by atoms with E-state index in [2.05, 4.69) is 20.7 Å². The van der Waals surface area contributed by atoms with Gasteiger partial charge in [0.1, 0.15) is 5.75 Å². The van der Waals surface area contributed by atoms with Crippen molar-refractivity contribution in [2.24, 2.45) is 0 Å². The van der Waals surface area contributed by atoms with Crippen molar-refractivity contribution in [3.05, 3.63) is 28.2 Å². The summed E-state index contributed by atoms with van der Waals surface area (Å²) < 4.78 is 40.6. The predicted molar refractivity (Wildman–Crippen MR) is 57.0 cm³/mol. The van der Waals surface area contributed by atoms with Crippen molar-refractivity contribution in [1.82, 2.24) is 0 Å². The van der Waals surface area contributed by atoms with E-state index in [0.717, 1.165) is 0 Å². The van der Waals surface area contributed by atoms with E-state index in [0.29, 0.717) is 10.0 Å². The van der Waals surface area contributed by atoms with E-state index in [4.69, 9.17) is 5.11 Å². The third-order valence-corrected chi connectivity index (χ3v) is 2.36. The number of ether oxygens (including phenoxy) is 1. The molecule has 1 aromatic rings. The van der Waals surface area contributed by atoms with Crippen LogP contribution in [0.15, 0.2) is 22.7 Å². The van der Waals surface area contributed by atoms with E-state index in [9.17, 15) is 18.0 Å². The van der Waals surface area contributed by atoms with Gasteiger partial charge in [0, 0.05) is 0 Å². The number of halogens is 4. The van der Waals surface area contributed by atoms with Gasteiger partial charge >= 0.3 is 12.1 Å². The zero-order chi connectivity index (χ0) is 13.1. The first kappa shape index (κ1) is 13.8. The van der Waals surface area contributed by atoms with Crippen molar-refractivity contribution < 1.29 is 27.8 Å². The molecule has 0 unspecified atom stereocenters. The maximum absolute atomic E-state index is 11.9. The molecule has 0 aromatic heterocycles. The van der Waals surface area contributed by atoms with Crippen LogP contribution in [-0.4, -0.2) is 23.9 Å². The number of rotatable bonds is 4. The van der Waals surface area contributed by atoms with Gasteiger partial charge in [0.15, 0.2) is 6.61 Å². The molecule has 0 radical (unpaired) electrons. The summed E-state index contributed by atoms with van der Waals surface area (Å²) >= 11 is 3.02. The van der Waals surface area contributed by atoms with E-state index < -0.39 is 18.8 Å². The van der Waals surface area contributed by atoms with Crippen molar-refractivity contribution >= 4 is 21.9 Å². The first-order chi connectivity index (χ1) is 7.78. The zero-order valence-corrected chi connectivity index (χ0v) is 10.0. The van der Waals surface area contributed by atoms with Crippen LogP contribution in [0.5, 0.6) is 5.75 Å². The molecule has 0 fully saturated rings. The third-order valence-electron chi connectivity index (χ3n) is 1.74. The molecule has 0 amide bonds. The van der Waals surface area contributed by atoms with E-state index in [1.165, 1.54) is 18.2 Å².